The van der Waals surface area contributed by atoms with E-state index in [9.17, 15) is 18.0 Å². The molecule has 0 saturated heterocycles. The molecule has 0 saturated carbocycles. The average molecular weight is 471 g/mol. The van der Waals surface area contributed by atoms with Gasteiger partial charge in [-0.1, -0.05) is 0 Å². The summed E-state index contributed by atoms with van der Waals surface area (Å²) in [6, 6.07) is 10.8. The Kier molecular flexibility index (Phi) is 6.10. The van der Waals surface area contributed by atoms with Crippen molar-refractivity contribution in [3.8, 4) is 23.0 Å². The number of benzene rings is 2. The molecule has 1 aliphatic rings. The van der Waals surface area contributed by atoms with Crippen LogP contribution in [0.15, 0.2) is 63.2 Å². The molecule has 0 bridgehead atoms. The maximum Gasteiger partial charge on any atom is 0.258 e. The van der Waals surface area contributed by atoms with Crippen molar-refractivity contribution in [2.75, 3.05) is 19.5 Å². The van der Waals surface area contributed by atoms with E-state index in [1.54, 1.807) is 44.4 Å². The van der Waals surface area contributed by atoms with Gasteiger partial charge >= 0.3 is 0 Å². The Labute approximate surface area is 189 Å². The first-order valence-corrected chi connectivity index (χ1v) is 11.7. The van der Waals surface area contributed by atoms with Gasteiger partial charge in [-0.3, -0.25) is 9.59 Å². The molecule has 4 rings (SSSR count). The maximum absolute atomic E-state index is 12.9. The minimum atomic E-state index is -3.26. The van der Waals surface area contributed by atoms with E-state index in [0.29, 0.717) is 22.6 Å². The molecule has 0 spiro atoms. The van der Waals surface area contributed by atoms with E-state index >= 15 is 0 Å². The Bertz CT molecular complexity index is 1390. The third-order valence-electron chi connectivity index (χ3n) is 4.91. The highest BCUT2D eigenvalue weighted by Gasteiger charge is 2.23. The summed E-state index contributed by atoms with van der Waals surface area (Å²) >= 11 is 0. The van der Waals surface area contributed by atoms with Crippen LogP contribution in [-0.4, -0.2) is 39.8 Å². The van der Waals surface area contributed by atoms with Crippen molar-refractivity contribution >= 4 is 26.7 Å². The SMILES string of the molecule is COc1ccc(Oc2c(C)oc3cc(OCC(=O)N[C@@H]4C=CS(=O)(=O)C4)ccc3c2=O)cc1. The summed E-state index contributed by atoms with van der Waals surface area (Å²) in [7, 11) is -1.70. The van der Waals surface area contributed by atoms with Crippen LogP contribution in [0.1, 0.15) is 5.76 Å². The first-order chi connectivity index (χ1) is 15.7. The van der Waals surface area contributed by atoms with Gasteiger partial charge in [0.1, 0.15) is 28.6 Å². The number of amides is 1. The molecule has 9 nitrogen and oxygen atoms in total. The van der Waals surface area contributed by atoms with Crippen LogP contribution in [0.5, 0.6) is 23.0 Å². The molecular weight excluding hydrogens is 450 g/mol. The Morgan fingerprint density at radius 1 is 1.12 bits per heavy atom. The van der Waals surface area contributed by atoms with Gasteiger partial charge in [0, 0.05) is 11.5 Å². The number of methoxy groups -OCH3 is 1. The molecule has 1 atom stereocenters. The number of fused-ring (bicyclic) bond motifs is 1. The Hall–Kier alpha value is -3.79. The summed E-state index contributed by atoms with van der Waals surface area (Å²) in [6.45, 7) is 1.29. The summed E-state index contributed by atoms with van der Waals surface area (Å²) in [4.78, 5) is 25.0. The number of ether oxygens (including phenoxy) is 3. The molecule has 1 aliphatic heterocycles. The molecule has 33 heavy (non-hydrogen) atoms. The lowest BCUT2D eigenvalue weighted by Gasteiger charge is -2.12. The van der Waals surface area contributed by atoms with E-state index in [0.717, 1.165) is 5.41 Å². The fourth-order valence-electron chi connectivity index (χ4n) is 3.30. The predicted octanol–water partition coefficient (Wildman–Crippen LogP) is 2.71. The van der Waals surface area contributed by atoms with Gasteiger partial charge in [0.25, 0.3) is 5.91 Å². The number of rotatable bonds is 7. The lowest BCUT2D eigenvalue weighted by molar-refractivity contribution is -0.123. The molecular formula is C23H21NO8S. The molecule has 0 unspecified atom stereocenters. The molecule has 1 N–H and O–H groups in total. The summed E-state index contributed by atoms with van der Waals surface area (Å²) in [5, 5.41) is 3.95. The molecule has 2 aromatic carbocycles. The number of nitrogens with one attached hydrogen (secondary N) is 1. The van der Waals surface area contributed by atoms with Gasteiger partial charge < -0.3 is 23.9 Å². The monoisotopic (exact) mass is 471 g/mol. The second kappa shape index (κ2) is 8.99. The second-order valence-corrected chi connectivity index (χ2v) is 9.30. The Morgan fingerprint density at radius 3 is 2.48 bits per heavy atom. The smallest absolute Gasteiger partial charge is 0.258 e. The summed E-state index contributed by atoms with van der Waals surface area (Å²) in [5.74, 6) is 1.16. The molecule has 1 amide bonds. The van der Waals surface area contributed by atoms with Crippen LogP contribution in [0.2, 0.25) is 0 Å². The third kappa shape index (κ3) is 5.17. The molecule has 3 aromatic rings. The number of hydrogen-bond donors (Lipinski definition) is 1. The van der Waals surface area contributed by atoms with Crippen LogP contribution >= 0.6 is 0 Å². The fourth-order valence-corrected chi connectivity index (χ4v) is 4.54. The van der Waals surface area contributed by atoms with E-state index in [2.05, 4.69) is 5.32 Å². The molecule has 0 fully saturated rings. The molecule has 10 heteroatoms. The largest absolute Gasteiger partial charge is 0.497 e. The average Bonchev–Trinajstić information content (AvgIpc) is 3.13. The van der Waals surface area contributed by atoms with Crippen molar-refractivity contribution in [2.45, 2.75) is 13.0 Å². The van der Waals surface area contributed by atoms with E-state index < -0.39 is 21.8 Å². The van der Waals surface area contributed by atoms with E-state index in [4.69, 9.17) is 18.6 Å². The zero-order chi connectivity index (χ0) is 23.6. The topological polar surface area (TPSA) is 121 Å². The van der Waals surface area contributed by atoms with Gasteiger partial charge in [0.2, 0.25) is 11.2 Å². The maximum atomic E-state index is 12.9. The highest BCUT2D eigenvalue weighted by atomic mass is 32.2. The quantitative estimate of drug-likeness (QED) is 0.558. The second-order valence-electron chi connectivity index (χ2n) is 7.37. The Balaban J connectivity index is 1.46. The zero-order valence-electron chi connectivity index (χ0n) is 17.9. The molecule has 0 aliphatic carbocycles. The lowest BCUT2D eigenvalue weighted by atomic mass is 10.2. The number of aryl methyl sites for hydroxylation is 1. The van der Waals surface area contributed by atoms with Gasteiger partial charge in [-0.05, 0) is 49.4 Å². The number of carbonyl (C=O) groups excluding carboxylic acids is 1. The van der Waals surface area contributed by atoms with Crippen molar-refractivity contribution in [3.63, 3.8) is 0 Å². The predicted molar refractivity (Wildman–Crippen MR) is 121 cm³/mol. The molecule has 1 aromatic heterocycles. The van der Waals surface area contributed by atoms with Crippen LogP contribution in [0.4, 0.5) is 0 Å². The standard InChI is InChI=1S/C23H21NO8S/c1-14-23(32-17-5-3-16(29-2)4-6-17)22(26)19-8-7-18(11-20(19)31-14)30-12-21(25)24-15-9-10-33(27,28)13-15/h3-11,15H,12-13H2,1-2H3,(H,24,25)/t15-/m1/s1. The zero-order valence-corrected chi connectivity index (χ0v) is 18.7. The highest BCUT2D eigenvalue weighted by molar-refractivity contribution is 7.94. The number of sulfone groups is 1. The van der Waals surface area contributed by atoms with E-state index in [1.807, 2.05) is 0 Å². The lowest BCUT2D eigenvalue weighted by Crippen LogP contribution is -2.38. The molecule has 2 heterocycles. The highest BCUT2D eigenvalue weighted by Crippen LogP contribution is 2.28. The van der Waals surface area contributed by atoms with Gasteiger partial charge in [-0.2, -0.15) is 0 Å². The van der Waals surface area contributed by atoms with Gasteiger partial charge in [0.05, 0.1) is 24.3 Å². The van der Waals surface area contributed by atoms with Crippen LogP contribution in [0, 0.1) is 6.92 Å². The van der Waals surface area contributed by atoms with Crippen LogP contribution in [-0.2, 0) is 14.6 Å². The minimum absolute atomic E-state index is 0.0697. The minimum Gasteiger partial charge on any atom is -0.497 e. The Morgan fingerprint density at radius 2 is 1.82 bits per heavy atom. The van der Waals surface area contributed by atoms with Crippen molar-refractivity contribution in [2.24, 2.45) is 0 Å². The summed E-state index contributed by atoms with van der Waals surface area (Å²) in [5.41, 5.74) is -0.0644. The normalized spacial score (nSPS) is 16.5. The summed E-state index contributed by atoms with van der Waals surface area (Å²) in [6.07, 6.45) is 1.42. The number of carbonyl (C=O) groups is 1. The van der Waals surface area contributed by atoms with Crippen LogP contribution in [0.3, 0.4) is 0 Å². The van der Waals surface area contributed by atoms with Gasteiger partial charge in [-0.15, -0.1) is 0 Å². The van der Waals surface area contributed by atoms with Crippen molar-refractivity contribution in [1.82, 2.24) is 5.32 Å². The van der Waals surface area contributed by atoms with E-state index in [-0.39, 0.29) is 34.9 Å². The first-order valence-electron chi connectivity index (χ1n) is 9.96. The van der Waals surface area contributed by atoms with Crippen molar-refractivity contribution in [3.05, 3.63) is 69.9 Å². The van der Waals surface area contributed by atoms with Crippen LogP contribution in [0.25, 0.3) is 11.0 Å². The van der Waals surface area contributed by atoms with E-state index in [1.165, 1.54) is 18.2 Å². The van der Waals surface area contributed by atoms with Crippen molar-refractivity contribution < 1.29 is 31.8 Å². The first kappa shape index (κ1) is 22.4. The number of hydrogen-bond acceptors (Lipinski definition) is 8. The summed E-state index contributed by atoms with van der Waals surface area (Å²) < 4.78 is 44.9. The molecule has 0 radical (unpaired) electrons. The third-order valence-corrected chi connectivity index (χ3v) is 6.31. The van der Waals surface area contributed by atoms with Gasteiger partial charge in [-0.25, -0.2) is 8.42 Å². The van der Waals surface area contributed by atoms with Crippen molar-refractivity contribution in [1.29, 1.82) is 0 Å². The van der Waals surface area contributed by atoms with Crippen LogP contribution < -0.4 is 25.0 Å². The molecule has 172 valence electrons. The fraction of sp³-hybridized carbons (Fsp3) is 0.217. The van der Waals surface area contributed by atoms with Gasteiger partial charge in [0.15, 0.2) is 16.4 Å².